The molecule has 11 heteroatoms. The molecule has 1 aliphatic rings. The predicted octanol–water partition coefficient (Wildman–Crippen LogP) is 0.0545. The third kappa shape index (κ3) is 3.36. The fraction of sp³-hybridized carbons (Fsp3) is 1.00. The fourth-order valence-corrected chi connectivity index (χ4v) is 1.69. The Hall–Kier alpha value is -1.33. The van der Waals surface area contributed by atoms with Gasteiger partial charge in [-0.2, -0.15) is 8.42 Å². The van der Waals surface area contributed by atoms with Crippen LogP contribution >= 0.6 is 0 Å². The minimum absolute atomic E-state index is 0.438. The number of nitrogens with zero attached hydrogens (tertiary/aromatic N) is 3. The molecule has 0 radical (unpaired) electrons. The van der Waals surface area contributed by atoms with E-state index in [0.29, 0.717) is 0 Å². The molecule has 0 aromatic carbocycles. The van der Waals surface area contributed by atoms with Gasteiger partial charge < -0.3 is 14.7 Å². The van der Waals surface area contributed by atoms with Crippen LogP contribution in [-0.2, 0) is 19.5 Å². The van der Waals surface area contributed by atoms with Gasteiger partial charge in [-0.15, -0.1) is 0 Å². The zero-order chi connectivity index (χ0) is 14.9. The van der Waals surface area contributed by atoms with Crippen LogP contribution in [0.1, 0.15) is 20.8 Å². The van der Waals surface area contributed by atoms with Crippen molar-refractivity contribution in [3.63, 3.8) is 0 Å². The minimum atomic E-state index is -4.05. The molecule has 0 N–H and O–H groups in total. The highest BCUT2D eigenvalue weighted by Crippen LogP contribution is 2.26. The summed E-state index contributed by atoms with van der Waals surface area (Å²) in [6, 6.07) is 0. The Morgan fingerprint density at radius 3 is 2.11 bits per heavy atom. The maximum absolute atomic E-state index is 11.7. The quantitative estimate of drug-likeness (QED) is 0.235. The number of sulfonamides is 1. The van der Waals surface area contributed by atoms with E-state index in [2.05, 4.69) is 4.52 Å². The lowest BCUT2D eigenvalue weighted by Gasteiger charge is -2.34. The molecular weight excluding hydrogens is 282 g/mol. The van der Waals surface area contributed by atoms with Crippen molar-refractivity contribution in [1.82, 2.24) is 0 Å². The molecule has 0 saturated carbocycles. The summed E-state index contributed by atoms with van der Waals surface area (Å²) < 4.78 is 35.4. The molecule has 0 unspecified atom stereocenters. The van der Waals surface area contributed by atoms with Gasteiger partial charge in [0.2, 0.25) is 0 Å². The molecule has 19 heavy (non-hydrogen) atoms. The lowest BCUT2D eigenvalue weighted by Crippen LogP contribution is -2.60. The smallest absolute Gasteiger partial charge is 0.484 e. The van der Waals surface area contributed by atoms with Gasteiger partial charge in [0.15, 0.2) is 19.0 Å². The van der Waals surface area contributed by atoms with Crippen molar-refractivity contribution in [2.24, 2.45) is 4.52 Å². The van der Waals surface area contributed by atoms with Gasteiger partial charge in [-0.1, -0.05) is 0 Å². The molecular formula is C8H15N3O7S. The summed E-state index contributed by atoms with van der Waals surface area (Å²) in [5.41, 5.74) is -2.39. The summed E-state index contributed by atoms with van der Waals surface area (Å²) in [5, 5.41) is 22.8. The maximum Gasteiger partial charge on any atom is 0.484 e. The van der Waals surface area contributed by atoms with E-state index in [1.165, 1.54) is 20.8 Å². The minimum Gasteiger partial charge on any atom is -0.593 e. The third-order valence-electron chi connectivity index (χ3n) is 2.56. The van der Waals surface area contributed by atoms with Gasteiger partial charge in [0, 0.05) is 0 Å². The number of hydrogen-bond donors (Lipinski definition) is 0. The Bertz CT molecular complexity index is 488. The van der Waals surface area contributed by atoms with Crippen molar-refractivity contribution in [2.45, 2.75) is 32.2 Å². The van der Waals surface area contributed by atoms with Gasteiger partial charge in [0.25, 0.3) is 0 Å². The first kappa shape index (κ1) is 15.7. The molecule has 0 amide bonds. The van der Waals surface area contributed by atoms with Crippen molar-refractivity contribution in [1.29, 1.82) is 0 Å². The van der Waals surface area contributed by atoms with E-state index in [0.717, 1.165) is 0 Å². The first-order valence-corrected chi connectivity index (χ1v) is 7.01. The Balaban J connectivity index is 3.13. The summed E-state index contributed by atoms with van der Waals surface area (Å²) >= 11 is 0. The van der Waals surface area contributed by atoms with E-state index in [1.807, 2.05) is 0 Å². The molecule has 110 valence electrons. The second-order valence-corrected chi connectivity index (χ2v) is 6.35. The Morgan fingerprint density at radius 2 is 1.74 bits per heavy atom. The van der Waals surface area contributed by atoms with Crippen LogP contribution in [0.4, 0.5) is 0 Å². The van der Waals surface area contributed by atoms with Gasteiger partial charge in [0.1, 0.15) is 9.44 Å². The normalized spacial score (nSPS) is 23.0. The standard InChI is InChI=1S/C8H15N3O7S/c1-4-19(15,16)9-10(12)8(11(13)14)5-17-7(2,3)18-6-8/h4-6H2,1-3H3. The SMILES string of the molecule is CCS(=O)(=O)N=[N+]([O-])C1([N+](=O)[O-])COC(C)(C)OC1. The fourth-order valence-electron chi connectivity index (χ4n) is 1.19. The molecule has 1 saturated heterocycles. The lowest BCUT2D eigenvalue weighted by atomic mass is 10.2. The number of ether oxygens (including phenoxy) is 2. The second-order valence-electron chi connectivity index (χ2n) is 4.44. The zero-order valence-electron chi connectivity index (χ0n) is 10.7. The maximum atomic E-state index is 11.7. The third-order valence-corrected chi connectivity index (χ3v) is 3.69. The van der Waals surface area contributed by atoms with Crippen LogP contribution in [0.2, 0.25) is 0 Å². The van der Waals surface area contributed by atoms with E-state index >= 15 is 0 Å². The van der Waals surface area contributed by atoms with E-state index in [4.69, 9.17) is 9.47 Å². The lowest BCUT2D eigenvalue weighted by molar-refractivity contribution is -0.824. The van der Waals surface area contributed by atoms with E-state index < -0.39 is 50.2 Å². The van der Waals surface area contributed by atoms with Crippen molar-refractivity contribution < 1.29 is 27.7 Å². The molecule has 0 atom stereocenters. The molecule has 0 bridgehead atoms. The second kappa shape index (κ2) is 4.98. The average molecular weight is 297 g/mol. The predicted molar refractivity (Wildman–Crippen MR) is 61.2 cm³/mol. The molecule has 0 aliphatic carbocycles. The summed E-state index contributed by atoms with van der Waals surface area (Å²) in [7, 11) is -4.05. The van der Waals surface area contributed by atoms with Gasteiger partial charge >= 0.3 is 15.7 Å². The van der Waals surface area contributed by atoms with Crippen LogP contribution in [-0.4, -0.2) is 48.6 Å². The number of hydrogen-bond acceptors (Lipinski definition) is 7. The van der Waals surface area contributed by atoms with Gasteiger partial charge in [-0.3, -0.25) is 10.1 Å². The molecule has 10 nitrogen and oxygen atoms in total. The van der Waals surface area contributed by atoms with Crippen LogP contribution in [0.25, 0.3) is 0 Å². The molecule has 0 spiro atoms. The Morgan fingerprint density at radius 1 is 1.26 bits per heavy atom. The van der Waals surface area contributed by atoms with Crippen molar-refractivity contribution >= 4 is 10.0 Å². The summed E-state index contributed by atoms with van der Waals surface area (Å²) in [6.45, 7) is 3.05. The van der Waals surface area contributed by atoms with Crippen LogP contribution in [0.15, 0.2) is 4.52 Å². The first-order valence-electron chi connectivity index (χ1n) is 5.40. The first-order chi connectivity index (χ1) is 8.55. The van der Waals surface area contributed by atoms with Crippen LogP contribution in [0, 0.1) is 15.3 Å². The molecule has 1 aliphatic heterocycles. The number of rotatable bonds is 4. The Labute approximate surface area is 109 Å². The molecule has 1 rings (SSSR count). The monoisotopic (exact) mass is 297 g/mol. The van der Waals surface area contributed by atoms with Crippen molar-refractivity contribution in [2.75, 3.05) is 19.0 Å². The van der Waals surface area contributed by atoms with Crippen molar-refractivity contribution in [3.05, 3.63) is 15.3 Å². The van der Waals surface area contributed by atoms with Crippen molar-refractivity contribution in [3.8, 4) is 0 Å². The summed E-state index contributed by atoms with van der Waals surface area (Å²) in [4.78, 5) is 9.64. The average Bonchev–Trinajstić information content (AvgIpc) is 2.28. The summed E-state index contributed by atoms with van der Waals surface area (Å²) in [6.07, 6.45) is 0. The number of nitro groups is 1. The molecule has 1 heterocycles. The van der Waals surface area contributed by atoms with Gasteiger partial charge in [0.05, 0.1) is 5.75 Å². The van der Waals surface area contributed by atoms with Gasteiger partial charge in [-0.25, -0.2) is 0 Å². The number of hydroxylamine groups is 1. The zero-order valence-corrected chi connectivity index (χ0v) is 11.5. The highest BCUT2D eigenvalue weighted by molar-refractivity contribution is 7.89. The highest BCUT2D eigenvalue weighted by atomic mass is 32.2. The van der Waals surface area contributed by atoms with Crippen LogP contribution in [0.3, 0.4) is 0 Å². The summed E-state index contributed by atoms with van der Waals surface area (Å²) in [5.74, 6) is -1.52. The van der Waals surface area contributed by atoms with E-state index in [1.54, 1.807) is 0 Å². The van der Waals surface area contributed by atoms with Gasteiger partial charge in [-0.05, 0) is 25.6 Å². The van der Waals surface area contributed by atoms with Crippen LogP contribution in [0.5, 0.6) is 0 Å². The van der Waals surface area contributed by atoms with E-state index in [-0.39, 0.29) is 0 Å². The molecule has 1 fully saturated rings. The van der Waals surface area contributed by atoms with E-state index in [9.17, 15) is 23.7 Å². The molecule has 0 aromatic heterocycles. The Kier molecular flexibility index (Phi) is 4.12. The van der Waals surface area contributed by atoms with Crippen LogP contribution < -0.4 is 0 Å². The largest absolute Gasteiger partial charge is 0.593 e. The molecule has 0 aromatic rings. The topological polar surface area (TPSA) is 134 Å². The highest BCUT2D eigenvalue weighted by Gasteiger charge is 2.60.